The van der Waals surface area contributed by atoms with Crippen molar-refractivity contribution in [2.24, 2.45) is 12.5 Å². The van der Waals surface area contributed by atoms with Gasteiger partial charge in [0.1, 0.15) is 5.69 Å². The van der Waals surface area contributed by atoms with Gasteiger partial charge in [-0.05, 0) is 30.7 Å². The van der Waals surface area contributed by atoms with Crippen LogP contribution in [0.25, 0.3) is 0 Å². The zero-order valence-electron chi connectivity index (χ0n) is 16.9. The summed E-state index contributed by atoms with van der Waals surface area (Å²) in [6.45, 7) is 2.69. The Kier molecular flexibility index (Phi) is 5.69. The van der Waals surface area contributed by atoms with E-state index in [4.69, 9.17) is 4.74 Å². The first-order chi connectivity index (χ1) is 14.0. The van der Waals surface area contributed by atoms with Crippen LogP contribution in [-0.2, 0) is 23.0 Å². The van der Waals surface area contributed by atoms with Crippen molar-refractivity contribution in [2.75, 3.05) is 33.4 Å². The van der Waals surface area contributed by atoms with Crippen LogP contribution in [0.3, 0.4) is 0 Å². The van der Waals surface area contributed by atoms with E-state index >= 15 is 0 Å². The maximum atomic E-state index is 12.9. The fraction of sp³-hybridized carbons (Fsp3) is 0.600. The highest BCUT2D eigenvalue weighted by molar-refractivity contribution is 7.07. The first-order valence-corrected chi connectivity index (χ1v) is 10.9. The Morgan fingerprint density at radius 3 is 2.76 bits per heavy atom. The van der Waals surface area contributed by atoms with Crippen molar-refractivity contribution in [3.8, 4) is 0 Å². The quantitative estimate of drug-likeness (QED) is 0.738. The van der Waals surface area contributed by atoms with Gasteiger partial charge in [0, 0.05) is 45.4 Å². The molecule has 2 saturated heterocycles. The van der Waals surface area contributed by atoms with Crippen molar-refractivity contribution < 1.29 is 14.3 Å². The molecule has 0 aliphatic carbocycles. The Morgan fingerprint density at radius 2 is 2.14 bits per heavy atom. The molecule has 0 unspecified atom stereocenters. The first-order valence-electron chi connectivity index (χ1n) is 9.94. The van der Waals surface area contributed by atoms with Gasteiger partial charge in [-0.2, -0.15) is 5.10 Å². The number of nitrogens with zero attached hydrogens (tertiary/aromatic N) is 5. The predicted molar refractivity (Wildman–Crippen MR) is 109 cm³/mol. The molecule has 29 heavy (non-hydrogen) atoms. The van der Waals surface area contributed by atoms with Gasteiger partial charge < -0.3 is 14.5 Å². The van der Waals surface area contributed by atoms with E-state index in [1.807, 2.05) is 29.1 Å². The lowest BCUT2D eigenvalue weighted by Gasteiger charge is -2.39. The van der Waals surface area contributed by atoms with Gasteiger partial charge in [-0.15, -0.1) is 11.3 Å². The first kappa shape index (κ1) is 20.0. The summed E-state index contributed by atoms with van der Waals surface area (Å²) in [6.07, 6.45) is 4.92. The fourth-order valence-corrected chi connectivity index (χ4v) is 5.15. The minimum absolute atomic E-state index is 0.0150. The molecule has 2 aromatic heterocycles. The molecule has 2 aromatic rings. The molecule has 4 heterocycles. The van der Waals surface area contributed by atoms with E-state index in [-0.39, 0.29) is 23.3 Å². The molecule has 0 saturated carbocycles. The molecule has 8 nitrogen and oxygen atoms in total. The van der Waals surface area contributed by atoms with Crippen molar-refractivity contribution in [1.29, 1.82) is 0 Å². The number of piperidine rings is 1. The Morgan fingerprint density at radius 1 is 1.34 bits per heavy atom. The number of methoxy groups -OCH3 is 1. The number of ether oxygens (including phenoxy) is 1. The van der Waals surface area contributed by atoms with E-state index in [0.29, 0.717) is 25.3 Å². The summed E-state index contributed by atoms with van der Waals surface area (Å²) in [7, 11) is 3.53. The zero-order valence-corrected chi connectivity index (χ0v) is 17.7. The van der Waals surface area contributed by atoms with Gasteiger partial charge in [0.25, 0.3) is 5.91 Å². The number of thiazole rings is 1. The van der Waals surface area contributed by atoms with Gasteiger partial charge in [-0.3, -0.25) is 14.3 Å². The number of aromatic nitrogens is 3. The van der Waals surface area contributed by atoms with E-state index < -0.39 is 0 Å². The van der Waals surface area contributed by atoms with E-state index in [0.717, 1.165) is 38.0 Å². The van der Waals surface area contributed by atoms with Crippen molar-refractivity contribution in [3.63, 3.8) is 0 Å². The summed E-state index contributed by atoms with van der Waals surface area (Å²) >= 11 is 1.43. The lowest BCUT2D eigenvalue weighted by atomic mass is 9.76. The molecule has 4 rings (SSSR count). The summed E-state index contributed by atoms with van der Waals surface area (Å²) in [5.74, 6) is 0.110. The third kappa shape index (κ3) is 4.20. The fourth-order valence-electron chi connectivity index (χ4n) is 4.63. The van der Waals surface area contributed by atoms with Crippen LogP contribution in [0.5, 0.6) is 0 Å². The highest BCUT2D eigenvalue weighted by Crippen LogP contribution is 2.44. The molecule has 0 N–H and O–H groups in total. The standard InChI is InChI=1S/C20H27N5O3S/c1-23-6-3-15(22-23)9-18(26)24-7-4-20(5-8-24)10-16(11-28-2)25(13-20)19(27)17-12-29-14-21-17/h3,6,12,14,16H,4-5,7-11,13H2,1-2H3/t16-/m0/s1. The van der Waals surface area contributed by atoms with Crippen LogP contribution in [0, 0.1) is 5.41 Å². The topological polar surface area (TPSA) is 80.6 Å². The Balaban J connectivity index is 1.39. The largest absolute Gasteiger partial charge is 0.383 e. The minimum atomic E-state index is -0.0150. The zero-order chi connectivity index (χ0) is 20.4. The van der Waals surface area contributed by atoms with Gasteiger partial charge in [0.15, 0.2) is 0 Å². The number of hydrogen-bond acceptors (Lipinski definition) is 6. The van der Waals surface area contributed by atoms with Crippen molar-refractivity contribution in [1.82, 2.24) is 24.6 Å². The third-order valence-electron chi connectivity index (χ3n) is 6.16. The monoisotopic (exact) mass is 417 g/mol. The summed E-state index contributed by atoms with van der Waals surface area (Å²) in [5, 5.41) is 6.11. The average molecular weight is 418 g/mol. The van der Waals surface area contributed by atoms with E-state index in [1.54, 1.807) is 22.7 Å². The molecule has 156 valence electrons. The van der Waals surface area contributed by atoms with Crippen LogP contribution in [0.4, 0.5) is 0 Å². The molecule has 1 spiro atoms. The summed E-state index contributed by atoms with van der Waals surface area (Å²) in [6, 6.07) is 1.95. The van der Waals surface area contributed by atoms with E-state index in [2.05, 4.69) is 10.1 Å². The van der Waals surface area contributed by atoms with Crippen molar-refractivity contribution in [3.05, 3.63) is 34.5 Å². The Bertz CT molecular complexity index is 857. The van der Waals surface area contributed by atoms with Crippen LogP contribution < -0.4 is 0 Å². The lowest BCUT2D eigenvalue weighted by Crippen LogP contribution is -2.45. The van der Waals surface area contributed by atoms with Crippen molar-refractivity contribution >= 4 is 23.2 Å². The molecule has 2 aliphatic heterocycles. The second-order valence-electron chi connectivity index (χ2n) is 8.16. The molecule has 2 fully saturated rings. The molecule has 2 amide bonds. The average Bonchev–Trinajstić information content (AvgIpc) is 3.44. The van der Waals surface area contributed by atoms with Gasteiger partial charge in [0.05, 0.1) is 30.3 Å². The van der Waals surface area contributed by atoms with Crippen LogP contribution >= 0.6 is 11.3 Å². The van der Waals surface area contributed by atoms with Gasteiger partial charge >= 0.3 is 0 Å². The Hall–Kier alpha value is -2.26. The van der Waals surface area contributed by atoms with Gasteiger partial charge in [0.2, 0.25) is 5.91 Å². The maximum Gasteiger partial charge on any atom is 0.273 e. The number of amides is 2. The lowest BCUT2D eigenvalue weighted by molar-refractivity contribution is -0.132. The molecule has 2 aliphatic rings. The van der Waals surface area contributed by atoms with Crippen LogP contribution in [0.2, 0.25) is 0 Å². The highest BCUT2D eigenvalue weighted by Gasteiger charge is 2.47. The van der Waals surface area contributed by atoms with Gasteiger partial charge in [-0.25, -0.2) is 4.98 Å². The highest BCUT2D eigenvalue weighted by atomic mass is 32.1. The molecule has 0 bridgehead atoms. The molecule has 0 radical (unpaired) electrons. The van der Waals surface area contributed by atoms with Crippen LogP contribution in [0.15, 0.2) is 23.2 Å². The number of hydrogen-bond donors (Lipinski definition) is 0. The summed E-state index contributed by atoms with van der Waals surface area (Å²) < 4.78 is 7.12. The summed E-state index contributed by atoms with van der Waals surface area (Å²) in [4.78, 5) is 33.7. The third-order valence-corrected chi connectivity index (χ3v) is 6.75. The number of rotatable bonds is 5. The summed E-state index contributed by atoms with van der Waals surface area (Å²) in [5.41, 5.74) is 3.06. The number of aryl methyl sites for hydroxylation is 1. The van der Waals surface area contributed by atoms with E-state index in [9.17, 15) is 9.59 Å². The maximum absolute atomic E-state index is 12.9. The molecular weight excluding hydrogens is 390 g/mol. The number of likely N-dealkylation sites (tertiary alicyclic amines) is 2. The van der Waals surface area contributed by atoms with Gasteiger partial charge in [-0.1, -0.05) is 0 Å². The second-order valence-corrected chi connectivity index (χ2v) is 8.88. The molecule has 0 aromatic carbocycles. The SMILES string of the molecule is COC[C@@H]1CC2(CCN(C(=O)Cc3ccn(C)n3)CC2)CN1C(=O)c1cscn1. The predicted octanol–water partition coefficient (Wildman–Crippen LogP) is 1.59. The Labute approximate surface area is 174 Å². The molecule has 1 atom stereocenters. The second kappa shape index (κ2) is 8.23. The number of carbonyl (C=O) groups is 2. The molecular formula is C20H27N5O3S. The normalized spacial score (nSPS) is 21.1. The molecule has 9 heteroatoms. The minimum Gasteiger partial charge on any atom is -0.383 e. The van der Waals surface area contributed by atoms with Crippen molar-refractivity contribution in [2.45, 2.75) is 31.7 Å². The smallest absolute Gasteiger partial charge is 0.273 e. The van der Waals surface area contributed by atoms with Crippen LogP contribution in [-0.4, -0.2) is 75.8 Å². The number of carbonyl (C=O) groups excluding carboxylic acids is 2. The van der Waals surface area contributed by atoms with Crippen LogP contribution in [0.1, 0.15) is 35.4 Å². The van der Waals surface area contributed by atoms with E-state index in [1.165, 1.54) is 11.3 Å².